The van der Waals surface area contributed by atoms with Gasteiger partial charge in [-0.3, -0.25) is 0 Å². The van der Waals surface area contributed by atoms with E-state index in [0.717, 1.165) is 30.4 Å². The highest BCUT2D eigenvalue weighted by molar-refractivity contribution is 7.89. The van der Waals surface area contributed by atoms with Gasteiger partial charge in [0.2, 0.25) is 10.0 Å². The zero-order valence-electron chi connectivity index (χ0n) is 12.1. The monoisotopic (exact) mass is 315 g/mol. The molecule has 1 aliphatic rings. The van der Waals surface area contributed by atoms with Crippen LogP contribution in [0, 0.1) is 19.8 Å². The first kappa shape index (κ1) is 15.8. The Kier molecular flexibility index (Phi) is 5.10. The summed E-state index contributed by atoms with van der Waals surface area (Å²) < 4.78 is 27.2. The summed E-state index contributed by atoms with van der Waals surface area (Å²) in [6.07, 6.45) is 2.89. The number of alkyl halides is 1. The van der Waals surface area contributed by atoms with Crippen LogP contribution < -0.4 is 0 Å². The fraction of sp³-hybridized carbons (Fsp3) is 0.600. The topological polar surface area (TPSA) is 37.4 Å². The molecule has 3 nitrogen and oxygen atoms in total. The van der Waals surface area contributed by atoms with E-state index in [1.165, 1.54) is 0 Å². The second-order valence-corrected chi connectivity index (χ2v) is 7.90. The third kappa shape index (κ3) is 3.35. The van der Waals surface area contributed by atoms with Gasteiger partial charge in [0, 0.05) is 19.0 Å². The van der Waals surface area contributed by atoms with E-state index in [1.807, 2.05) is 26.0 Å². The van der Waals surface area contributed by atoms with Gasteiger partial charge in [-0.05, 0) is 56.2 Å². The number of hydrogen-bond donors (Lipinski definition) is 0. The molecule has 2 rings (SSSR count). The molecule has 1 unspecified atom stereocenters. The third-order valence-corrected chi connectivity index (χ3v) is 6.19. The van der Waals surface area contributed by atoms with Gasteiger partial charge in [-0.25, -0.2) is 8.42 Å². The van der Waals surface area contributed by atoms with Crippen molar-refractivity contribution in [1.29, 1.82) is 0 Å². The zero-order chi connectivity index (χ0) is 14.8. The van der Waals surface area contributed by atoms with Crippen LogP contribution in [0.4, 0.5) is 0 Å². The van der Waals surface area contributed by atoms with E-state index in [-0.39, 0.29) is 0 Å². The van der Waals surface area contributed by atoms with Crippen molar-refractivity contribution in [2.24, 2.45) is 5.92 Å². The van der Waals surface area contributed by atoms with Crippen LogP contribution in [0.3, 0.4) is 0 Å². The first-order valence-electron chi connectivity index (χ1n) is 7.08. The van der Waals surface area contributed by atoms with E-state index in [1.54, 1.807) is 10.4 Å². The van der Waals surface area contributed by atoms with Crippen LogP contribution >= 0.6 is 11.6 Å². The molecule has 1 aromatic rings. The van der Waals surface area contributed by atoms with Crippen LogP contribution in [0.2, 0.25) is 0 Å². The van der Waals surface area contributed by atoms with E-state index in [9.17, 15) is 8.42 Å². The number of nitrogens with zero attached hydrogens (tertiary/aromatic N) is 1. The Morgan fingerprint density at radius 2 is 2.10 bits per heavy atom. The smallest absolute Gasteiger partial charge is 0.207 e. The highest BCUT2D eigenvalue weighted by Gasteiger charge is 2.30. The Morgan fingerprint density at radius 1 is 1.35 bits per heavy atom. The lowest BCUT2D eigenvalue weighted by Gasteiger charge is -2.32. The van der Waals surface area contributed by atoms with Crippen LogP contribution in [-0.2, 0) is 10.0 Å². The Hall–Kier alpha value is -0.580. The van der Waals surface area contributed by atoms with Crippen molar-refractivity contribution in [3.05, 3.63) is 29.3 Å². The van der Waals surface area contributed by atoms with E-state index < -0.39 is 10.0 Å². The van der Waals surface area contributed by atoms with Crippen molar-refractivity contribution < 1.29 is 8.42 Å². The van der Waals surface area contributed by atoms with E-state index >= 15 is 0 Å². The number of halogens is 1. The Balaban J connectivity index is 2.27. The van der Waals surface area contributed by atoms with Gasteiger partial charge >= 0.3 is 0 Å². The zero-order valence-corrected chi connectivity index (χ0v) is 13.7. The minimum atomic E-state index is -3.38. The van der Waals surface area contributed by atoms with E-state index in [4.69, 9.17) is 11.6 Å². The van der Waals surface area contributed by atoms with Gasteiger partial charge in [-0.2, -0.15) is 4.31 Å². The SMILES string of the molecule is Cc1ccc(C)c(S(=O)(=O)N2CCCC(CCCl)C2)c1. The van der Waals surface area contributed by atoms with Crippen LogP contribution in [0.5, 0.6) is 0 Å². The molecule has 1 aromatic carbocycles. The van der Waals surface area contributed by atoms with Gasteiger partial charge in [0.1, 0.15) is 0 Å². The number of sulfonamides is 1. The normalized spacial score (nSPS) is 21.1. The summed E-state index contributed by atoms with van der Waals surface area (Å²) in [6.45, 7) is 4.99. The molecule has 20 heavy (non-hydrogen) atoms. The maximum Gasteiger partial charge on any atom is 0.243 e. The molecule has 5 heteroatoms. The highest BCUT2D eigenvalue weighted by Crippen LogP contribution is 2.27. The van der Waals surface area contributed by atoms with Crippen LogP contribution in [0.1, 0.15) is 30.4 Å². The predicted octanol–water partition coefficient (Wildman–Crippen LogP) is 3.33. The van der Waals surface area contributed by atoms with E-state index in [2.05, 4.69) is 0 Å². The lowest BCUT2D eigenvalue weighted by atomic mass is 9.97. The summed E-state index contributed by atoms with van der Waals surface area (Å²) in [5.74, 6) is 0.989. The van der Waals surface area contributed by atoms with Crippen molar-refractivity contribution in [2.45, 2.75) is 38.0 Å². The molecule has 0 N–H and O–H groups in total. The second-order valence-electron chi connectivity index (χ2n) is 5.62. The predicted molar refractivity (Wildman–Crippen MR) is 82.7 cm³/mol. The van der Waals surface area contributed by atoms with Crippen LogP contribution in [0.25, 0.3) is 0 Å². The first-order valence-corrected chi connectivity index (χ1v) is 9.06. The molecular formula is C15H22ClNO2S. The van der Waals surface area contributed by atoms with Crippen molar-refractivity contribution >= 4 is 21.6 Å². The number of aryl methyl sites for hydroxylation is 2. The van der Waals surface area contributed by atoms with Crippen molar-refractivity contribution in [2.75, 3.05) is 19.0 Å². The average molecular weight is 316 g/mol. The Labute approximate surface area is 127 Å². The van der Waals surface area contributed by atoms with Gasteiger partial charge < -0.3 is 0 Å². The van der Waals surface area contributed by atoms with Gasteiger partial charge in [-0.1, -0.05) is 12.1 Å². The molecule has 0 aliphatic carbocycles. The summed E-state index contributed by atoms with van der Waals surface area (Å²) in [4.78, 5) is 0.448. The molecule has 1 fully saturated rings. The fourth-order valence-corrected chi connectivity index (χ4v) is 4.93. The summed E-state index contributed by atoms with van der Waals surface area (Å²) in [6, 6.07) is 5.60. The molecule has 0 bridgehead atoms. The van der Waals surface area contributed by atoms with Gasteiger partial charge in [0.25, 0.3) is 0 Å². The van der Waals surface area contributed by atoms with Crippen molar-refractivity contribution in [1.82, 2.24) is 4.31 Å². The molecule has 0 aromatic heterocycles. The van der Waals surface area contributed by atoms with Crippen molar-refractivity contribution in [3.8, 4) is 0 Å². The van der Waals surface area contributed by atoms with Gasteiger partial charge in [0.15, 0.2) is 0 Å². The van der Waals surface area contributed by atoms with Crippen molar-refractivity contribution in [3.63, 3.8) is 0 Å². The Morgan fingerprint density at radius 3 is 2.80 bits per heavy atom. The molecule has 112 valence electrons. The molecule has 1 atom stereocenters. The number of piperidine rings is 1. The summed E-state index contributed by atoms with van der Waals surface area (Å²) in [5, 5.41) is 0. The summed E-state index contributed by atoms with van der Waals surface area (Å²) in [7, 11) is -3.38. The molecule has 0 radical (unpaired) electrons. The van der Waals surface area contributed by atoms with Crippen LogP contribution in [0.15, 0.2) is 23.1 Å². The largest absolute Gasteiger partial charge is 0.243 e. The fourth-order valence-electron chi connectivity index (χ4n) is 2.76. The molecule has 0 amide bonds. The maximum absolute atomic E-state index is 12.8. The Bertz CT molecular complexity index is 569. The number of benzene rings is 1. The van der Waals surface area contributed by atoms with Crippen LogP contribution in [-0.4, -0.2) is 31.7 Å². The molecule has 0 spiro atoms. The number of hydrogen-bond acceptors (Lipinski definition) is 2. The summed E-state index contributed by atoms with van der Waals surface area (Å²) >= 11 is 5.79. The molecular weight excluding hydrogens is 294 g/mol. The lowest BCUT2D eigenvalue weighted by molar-refractivity contribution is 0.262. The number of rotatable bonds is 4. The van der Waals surface area contributed by atoms with Gasteiger partial charge in [0.05, 0.1) is 4.90 Å². The maximum atomic E-state index is 12.8. The quantitative estimate of drug-likeness (QED) is 0.799. The first-order chi connectivity index (χ1) is 9.45. The molecule has 1 heterocycles. The highest BCUT2D eigenvalue weighted by atomic mass is 35.5. The third-order valence-electron chi connectivity index (χ3n) is 3.96. The summed E-state index contributed by atoms with van der Waals surface area (Å²) in [5.41, 5.74) is 1.79. The standard InChI is InChI=1S/C15H22ClNO2S/c1-12-5-6-13(2)15(10-12)20(18,19)17-9-3-4-14(11-17)7-8-16/h5-6,10,14H,3-4,7-9,11H2,1-2H3. The molecule has 1 saturated heterocycles. The lowest BCUT2D eigenvalue weighted by Crippen LogP contribution is -2.40. The van der Waals surface area contributed by atoms with Gasteiger partial charge in [-0.15, -0.1) is 11.6 Å². The minimum Gasteiger partial charge on any atom is -0.207 e. The minimum absolute atomic E-state index is 0.390. The molecule has 1 aliphatic heterocycles. The van der Waals surface area contributed by atoms with E-state index in [0.29, 0.717) is 29.8 Å². The molecule has 0 saturated carbocycles. The average Bonchev–Trinajstić information content (AvgIpc) is 2.42. The second kappa shape index (κ2) is 6.46.